The SMILES string of the molecule is Cc1cc(NC(=O)c2ccco2)n(-c2nc(C3CC3)cc(=O)[nH]2)n1. The Balaban J connectivity index is 1.71. The smallest absolute Gasteiger partial charge is 0.292 e. The lowest BCUT2D eigenvalue weighted by Gasteiger charge is -2.08. The minimum atomic E-state index is -0.401. The van der Waals surface area contributed by atoms with Crippen LogP contribution in [-0.4, -0.2) is 25.7 Å². The van der Waals surface area contributed by atoms with Crippen molar-refractivity contribution in [3.05, 3.63) is 58.0 Å². The van der Waals surface area contributed by atoms with Crippen LogP contribution in [0.5, 0.6) is 0 Å². The molecule has 1 aliphatic rings. The van der Waals surface area contributed by atoms with Crippen molar-refractivity contribution in [3.63, 3.8) is 0 Å². The first-order valence-electron chi connectivity index (χ1n) is 7.63. The average Bonchev–Trinajstić information content (AvgIpc) is 3.12. The van der Waals surface area contributed by atoms with Crippen LogP contribution in [0.25, 0.3) is 5.95 Å². The van der Waals surface area contributed by atoms with Gasteiger partial charge in [0.1, 0.15) is 5.82 Å². The van der Waals surface area contributed by atoms with Crippen LogP contribution in [0.15, 0.2) is 39.7 Å². The molecule has 1 saturated carbocycles. The summed E-state index contributed by atoms with van der Waals surface area (Å²) in [7, 11) is 0. The maximum Gasteiger partial charge on any atom is 0.292 e. The lowest BCUT2D eigenvalue weighted by atomic mass is 10.3. The molecule has 0 atom stereocenters. The van der Waals surface area contributed by atoms with Crippen LogP contribution in [-0.2, 0) is 0 Å². The van der Waals surface area contributed by atoms with Gasteiger partial charge < -0.3 is 9.73 Å². The largest absolute Gasteiger partial charge is 0.459 e. The van der Waals surface area contributed by atoms with Gasteiger partial charge in [0.2, 0.25) is 5.95 Å². The topological polar surface area (TPSA) is 106 Å². The van der Waals surface area contributed by atoms with Gasteiger partial charge in [0.25, 0.3) is 11.5 Å². The van der Waals surface area contributed by atoms with E-state index in [1.54, 1.807) is 25.1 Å². The number of hydrogen-bond acceptors (Lipinski definition) is 5. The Labute approximate surface area is 136 Å². The molecule has 4 rings (SSSR count). The fourth-order valence-corrected chi connectivity index (χ4v) is 2.49. The third kappa shape index (κ3) is 2.73. The van der Waals surface area contributed by atoms with Gasteiger partial charge in [-0.3, -0.25) is 14.6 Å². The Morgan fingerprint density at radius 2 is 2.25 bits per heavy atom. The molecule has 0 spiro atoms. The number of nitrogens with one attached hydrogen (secondary N) is 2. The molecule has 2 N–H and O–H groups in total. The molecule has 0 aromatic carbocycles. The molecule has 0 saturated heterocycles. The van der Waals surface area contributed by atoms with Crippen molar-refractivity contribution < 1.29 is 9.21 Å². The Kier molecular flexibility index (Phi) is 3.30. The second kappa shape index (κ2) is 5.48. The fraction of sp³-hybridized carbons (Fsp3) is 0.250. The Bertz CT molecular complexity index is 951. The van der Waals surface area contributed by atoms with E-state index in [9.17, 15) is 9.59 Å². The van der Waals surface area contributed by atoms with E-state index in [1.807, 2.05) is 0 Å². The van der Waals surface area contributed by atoms with Gasteiger partial charge >= 0.3 is 0 Å². The molecule has 1 fully saturated rings. The zero-order chi connectivity index (χ0) is 16.7. The summed E-state index contributed by atoms with van der Waals surface area (Å²) in [5.74, 6) is 0.816. The van der Waals surface area contributed by atoms with E-state index in [1.165, 1.54) is 17.0 Å². The first-order valence-corrected chi connectivity index (χ1v) is 7.63. The lowest BCUT2D eigenvalue weighted by molar-refractivity contribution is 0.0996. The number of aromatic nitrogens is 4. The first-order chi connectivity index (χ1) is 11.6. The molecule has 122 valence electrons. The molecule has 0 aliphatic heterocycles. The van der Waals surface area contributed by atoms with Crippen molar-refractivity contribution >= 4 is 11.7 Å². The van der Waals surface area contributed by atoms with Gasteiger partial charge in [0, 0.05) is 18.1 Å². The van der Waals surface area contributed by atoms with E-state index >= 15 is 0 Å². The number of rotatable bonds is 4. The molecule has 3 aromatic rings. The summed E-state index contributed by atoms with van der Waals surface area (Å²) in [6.45, 7) is 1.79. The first kappa shape index (κ1) is 14.4. The van der Waals surface area contributed by atoms with E-state index in [0.29, 0.717) is 17.4 Å². The summed E-state index contributed by atoms with van der Waals surface area (Å²) in [5.41, 5.74) is 1.20. The van der Waals surface area contributed by atoms with E-state index in [4.69, 9.17) is 4.42 Å². The zero-order valence-corrected chi connectivity index (χ0v) is 12.9. The van der Waals surface area contributed by atoms with E-state index < -0.39 is 5.91 Å². The molecule has 1 amide bonds. The molecule has 8 nitrogen and oxygen atoms in total. The second-order valence-corrected chi connectivity index (χ2v) is 5.78. The maximum atomic E-state index is 12.2. The molecule has 0 unspecified atom stereocenters. The maximum absolute atomic E-state index is 12.2. The van der Waals surface area contributed by atoms with Crippen molar-refractivity contribution in [1.82, 2.24) is 19.7 Å². The fourth-order valence-electron chi connectivity index (χ4n) is 2.49. The highest BCUT2D eigenvalue weighted by atomic mass is 16.3. The highest BCUT2D eigenvalue weighted by Gasteiger charge is 2.26. The number of carbonyl (C=O) groups excluding carboxylic acids is 1. The minimum absolute atomic E-state index is 0.189. The third-order valence-electron chi connectivity index (χ3n) is 3.76. The Morgan fingerprint density at radius 3 is 2.96 bits per heavy atom. The summed E-state index contributed by atoms with van der Waals surface area (Å²) in [6.07, 6.45) is 3.50. The van der Waals surface area contributed by atoms with E-state index in [-0.39, 0.29) is 17.3 Å². The van der Waals surface area contributed by atoms with Gasteiger partial charge in [-0.1, -0.05) is 0 Å². The van der Waals surface area contributed by atoms with Crippen LogP contribution < -0.4 is 10.9 Å². The van der Waals surface area contributed by atoms with Crippen LogP contribution in [0, 0.1) is 6.92 Å². The van der Waals surface area contributed by atoms with Gasteiger partial charge in [-0.05, 0) is 31.9 Å². The highest BCUT2D eigenvalue weighted by Crippen LogP contribution is 2.38. The second-order valence-electron chi connectivity index (χ2n) is 5.78. The zero-order valence-electron chi connectivity index (χ0n) is 12.9. The predicted molar refractivity (Wildman–Crippen MR) is 85.4 cm³/mol. The molecule has 3 heterocycles. The van der Waals surface area contributed by atoms with Crippen molar-refractivity contribution in [2.75, 3.05) is 5.32 Å². The molecule has 3 aromatic heterocycles. The van der Waals surface area contributed by atoms with Crippen LogP contribution >= 0.6 is 0 Å². The number of carbonyl (C=O) groups is 1. The Hall–Kier alpha value is -3.16. The molecule has 8 heteroatoms. The monoisotopic (exact) mass is 325 g/mol. The number of anilines is 1. The average molecular weight is 325 g/mol. The number of amides is 1. The minimum Gasteiger partial charge on any atom is -0.459 e. The third-order valence-corrected chi connectivity index (χ3v) is 3.76. The van der Waals surface area contributed by atoms with Crippen LogP contribution in [0.2, 0.25) is 0 Å². The lowest BCUT2D eigenvalue weighted by Crippen LogP contribution is -2.19. The summed E-state index contributed by atoms with van der Waals surface area (Å²) in [4.78, 5) is 31.2. The molecule has 24 heavy (non-hydrogen) atoms. The quantitative estimate of drug-likeness (QED) is 0.763. The van der Waals surface area contributed by atoms with Crippen LogP contribution in [0.4, 0.5) is 5.82 Å². The number of H-pyrrole nitrogens is 1. The molecular weight excluding hydrogens is 310 g/mol. The number of hydrogen-bond donors (Lipinski definition) is 2. The Morgan fingerprint density at radius 1 is 1.42 bits per heavy atom. The van der Waals surface area contributed by atoms with Crippen molar-refractivity contribution in [3.8, 4) is 5.95 Å². The number of aryl methyl sites for hydroxylation is 1. The van der Waals surface area contributed by atoms with Gasteiger partial charge in [0.05, 0.1) is 17.7 Å². The summed E-state index contributed by atoms with van der Waals surface area (Å²) in [5, 5.41) is 7.04. The number of aromatic amines is 1. The number of nitrogens with zero attached hydrogens (tertiary/aromatic N) is 3. The van der Waals surface area contributed by atoms with E-state index in [2.05, 4.69) is 20.4 Å². The predicted octanol–water partition coefficient (Wildman–Crippen LogP) is 1.99. The van der Waals surface area contributed by atoms with Gasteiger partial charge in [0.15, 0.2) is 5.76 Å². The van der Waals surface area contributed by atoms with Gasteiger partial charge in [-0.15, -0.1) is 0 Å². The standard InChI is InChI=1S/C16H15N5O3/c1-9-7-13(18-15(23)12-3-2-6-24-12)21(20-9)16-17-11(10-4-5-10)8-14(22)19-16/h2-3,6-8,10H,4-5H2,1H3,(H,18,23)(H,17,19,22). The molecule has 1 aliphatic carbocycles. The van der Waals surface area contributed by atoms with Crippen LogP contribution in [0.3, 0.4) is 0 Å². The summed E-state index contributed by atoms with van der Waals surface area (Å²) >= 11 is 0. The molecule has 0 bridgehead atoms. The van der Waals surface area contributed by atoms with Crippen molar-refractivity contribution in [1.29, 1.82) is 0 Å². The summed E-state index contributed by atoms with van der Waals surface area (Å²) < 4.78 is 6.50. The highest BCUT2D eigenvalue weighted by molar-refractivity contribution is 6.01. The summed E-state index contributed by atoms with van der Waals surface area (Å²) in [6, 6.07) is 6.41. The van der Waals surface area contributed by atoms with Gasteiger partial charge in [-0.2, -0.15) is 9.78 Å². The normalized spacial score (nSPS) is 13.9. The van der Waals surface area contributed by atoms with Crippen molar-refractivity contribution in [2.24, 2.45) is 0 Å². The van der Waals surface area contributed by atoms with E-state index in [0.717, 1.165) is 18.5 Å². The van der Waals surface area contributed by atoms with Gasteiger partial charge in [-0.25, -0.2) is 4.98 Å². The molecule has 0 radical (unpaired) electrons. The van der Waals surface area contributed by atoms with Crippen molar-refractivity contribution in [2.45, 2.75) is 25.7 Å². The number of furan rings is 1. The molecular formula is C16H15N5O3. The van der Waals surface area contributed by atoms with Crippen LogP contribution in [0.1, 0.15) is 40.7 Å².